The Hall–Kier alpha value is -1.92. The van der Waals surface area contributed by atoms with Crippen molar-refractivity contribution in [3.05, 3.63) is 41.9 Å². The fraction of sp³-hybridized carbons (Fsp3) is 0.579. The molecule has 1 saturated carbocycles. The normalized spacial score (nSPS) is 29.5. The molecule has 0 spiro atoms. The first-order valence-corrected chi connectivity index (χ1v) is 8.98. The lowest BCUT2D eigenvalue weighted by molar-refractivity contribution is -0.0850. The molecule has 3 heterocycles. The van der Waals surface area contributed by atoms with Crippen LogP contribution < -0.4 is 4.74 Å². The molecule has 2 fully saturated rings. The first kappa shape index (κ1) is 16.5. The van der Waals surface area contributed by atoms with E-state index in [9.17, 15) is 0 Å². The van der Waals surface area contributed by atoms with Crippen molar-refractivity contribution in [2.24, 2.45) is 0 Å². The second kappa shape index (κ2) is 6.77. The molecule has 1 aliphatic heterocycles. The Morgan fingerprint density at radius 3 is 3.00 bits per heavy atom. The van der Waals surface area contributed by atoms with Gasteiger partial charge in [0.2, 0.25) is 5.88 Å². The van der Waals surface area contributed by atoms with Gasteiger partial charge < -0.3 is 14.0 Å². The van der Waals surface area contributed by atoms with Crippen LogP contribution in [0.15, 0.2) is 35.0 Å². The predicted octanol–water partition coefficient (Wildman–Crippen LogP) is 2.97. The molecule has 0 N–H and O–H groups in total. The van der Waals surface area contributed by atoms with Crippen molar-refractivity contribution in [3.63, 3.8) is 0 Å². The number of aryl methyl sites for hydroxylation is 1. The second-order valence-electron chi connectivity index (χ2n) is 7.12. The summed E-state index contributed by atoms with van der Waals surface area (Å²) < 4.78 is 17.6. The van der Waals surface area contributed by atoms with Gasteiger partial charge in [-0.15, -0.1) is 0 Å². The van der Waals surface area contributed by atoms with E-state index in [1.807, 2.05) is 38.3 Å². The molecule has 3 atom stereocenters. The van der Waals surface area contributed by atoms with E-state index in [1.165, 1.54) is 0 Å². The summed E-state index contributed by atoms with van der Waals surface area (Å²) >= 11 is 0. The minimum atomic E-state index is -0.0704. The van der Waals surface area contributed by atoms with Crippen molar-refractivity contribution in [1.29, 1.82) is 0 Å². The first-order chi connectivity index (χ1) is 12.2. The summed E-state index contributed by atoms with van der Waals surface area (Å²) in [4.78, 5) is 6.75. The number of aromatic nitrogens is 2. The van der Waals surface area contributed by atoms with Gasteiger partial charge in [-0.2, -0.15) is 0 Å². The van der Waals surface area contributed by atoms with Crippen molar-refractivity contribution in [2.75, 3.05) is 13.7 Å². The van der Waals surface area contributed by atoms with Gasteiger partial charge in [0, 0.05) is 44.4 Å². The minimum Gasteiger partial charge on any atom is -0.474 e. The van der Waals surface area contributed by atoms with Gasteiger partial charge in [-0.25, -0.2) is 4.98 Å². The first-order valence-electron chi connectivity index (χ1n) is 8.98. The highest BCUT2D eigenvalue weighted by molar-refractivity contribution is 5.12. The molecule has 0 bridgehead atoms. The maximum Gasteiger partial charge on any atom is 0.213 e. The molecule has 0 amide bonds. The lowest BCUT2D eigenvalue weighted by atomic mass is 9.79. The second-order valence-corrected chi connectivity index (χ2v) is 7.12. The third-order valence-electron chi connectivity index (χ3n) is 5.61. The van der Waals surface area contributed by atoms with E-state index in [1.54, 1.807) is 6.20 Å². The van der Waals surface area contributed by atoms with E-state index in [-0.39, 0.29) is 11.7 Å². The molecular formula is C19H25N3O3. The molecule has 2 aromatic heterocycles. The number of hydrogen-bond acceptors (Lipinski definition) is 6. The predicted molar refractivity (Wildman–Crippen MR) is 92.3 cm³/mol. The highest BCUT2D eigenvalue weighted by atomic mass is 16.5. The molecule has 2 aromatic rings. The third kappa shape index (κ3) is 3.28. The smallest absolute Gasteiger partial charge is 0.213 e. The van der Waals surface area contributed by atoms with Gasteiger partial charge in [-0.05, 0) is 32.3 Å². The van der Waals surface area contributed by atoms with Gasteiger partial charge in [0.15, 0.2) is 5.76 Å². The van der Waals surface area contributed by atoms with Gasteiger partial charge in [-0.3, -0.25) is 4.90 Å². The summed E-state index contributed by atoms with van der Waals surface area (Å²) in [6.07, 6.45) is 5.94. The fourth-order valence-corrected chi connectivity index (χ4v) is 4.33. The standard InChI is InChI=1S/C19H25N3O3/c1-14-11-16(25-21-14)13-22-10-8-19(23-2)7-6-15(12-17(19)22)24-18-5-3-4-9-20-18/h3-5,9,11,15,17H,6-8,10,12-13H2,1-2H3/t15?,17?,19-/m1/s1. The van der Waals surface area contributed by atoms with Gasteiger partial charge in [-0.1, -0.05) is 11.2 Å². The van der Waals surface area contributed by atoms with E-state index in [2.05, 4.69) is 15.0 Å². The van der Waals surface area contributed by atoms with Crippen molar-refractivity contribution in [3.8, 4) is 5.88 Å². The van der Waals surface area contributed by atoms with Crippen LogP contribution in [0.1, 0.15) is 37.1 Å². The maximum atomic E-state index is 6.13. The summed E-state index contributed by atoms with van der Waals surface area (Å²) in [7, 11) is 1.84. The van der Waals surface area contributed by atoms with E-state index in [0.717, 1.165) is 50.2 Å². The molecule has 0 radical (unpaired) electrons. The Balaban J connectivity index is 1.48. The molecule has 0 aromatic carbocycles. The van der Waals surface area contributed by atoms with Crippen molar-refractivity contribution in [2.45, 2.75) is 56.9 Å². The zero-order chi connectivity index (χ0) is 17.3. The summed E-state index contributed by atoms with van der Waals surface area (Å²) in [5.74, 6) is 1.62. The van der Waals surface area contributed by atoms with Crippen molar-refractivity contribution in [1.82, 2.24) is 15.0 Å². The summed E-state index contributed by atoms with van der Waals surface area (Å²) in [6, 6.07) is 8.12. The van der Waals surface area contributed by atoms with E-state index >= 15 is 0 Å². The van der Waals surface area contributed by atoms with Crippen LogP contribution in [0.5, 0.6) is 5.88 Å². The third-order valence-corrected chi connectivity index (χ3v) is 5.61. The van der Waals surface area contributed by atoms with Gasteiger partial charge >= 0.3 is 0 Å². The number of hydrogen-bond donors (Lipinski definition) is 0. The molecule has 1 saturated heterocycles. The number of likely N-dealkylation sites (tertiary alicyclic amines) is 1. The molecule has 2 unspecified atom stereocenters. The molecule has 4 rings (SSSR count). The van der Waals surface area contributed by atoms with Crippen LogP contribution in [-0.4, -0.2) is 46.4 Å². The van der Waals surface area contributed by atoms with Crippen LogP contribution in [0.2, 0.25) is 0 Å². The Morgan fingerprint density at radius 2 is 2.28 bits per heavy atom. The lowest BCUT2D eigenvalue weighted by Crippen LogP contribution is -2.52. The maximum absolute atomic E-state index is 6.13. The topological polar surface area (TPSA) is 60.6 Å². The molecule has 6 heteroatoms. The minimum absolute atomic E-state index is 0.0704. The van der Waals surface area contributed by atoms with Crippen LogP contribution in [0.25, 0.3) is 0 Å². The molecule has 1 aliphatic carbocycles. The van der Waals surface area contributed by atoms with Gasteiger partial charge in [0.25, 0.3) is 0 Å². The fourth-order valence-electron chi connectivity index (χ4n) is 4.33. The molecule has 25 heavy (non-hydrogen) atoms. The van der Waals surface area contributed by atoms with Gasteiger partial charge in [0.1, 0.15) is 6.10 Å². The van der Waals surface area contributed by atoms with Crippen LogP contribution in [0.4, 0.5) is 0 Å². The summed E-state index contributed by atoms with van der Waals surface area (Å²) in [5, 5.41) is 4.01. The van der Waals surface area contributed by atoms with Gasteiger partial charge in [0.05, 0.1) is 17.8 Å². The Morgan fingerprint density at radius 1 is 1.36 bits per heavy atom. The molecule has 6 nitrogen and oxygen atoms in total. The van der Waals surface area contributed by atoms with Crippen LogP contribution in [0.3, 0.4) is 0 Å². The average Bonchev–Trinajstić information content (AvgIpc) is 3.21. The number of rotatable bonds is 5. The Kier molecular flexibility index (Phi) is 4.48. The van der Waals surface area contributed by atoms with Crippen LogP contribution in [0, 0.1) is 6.92 Å². The quantitative estimate of drug-likeness (QED) is 0.832. The van der Waals surface area contributed by atoms with Crippen molar-refractivity contribution >= 4 is 0 Å². The van der Waals surface area contributed by atoms with Crippen LogP contribution in [-0.2, 0) is 11.3 Å². The highest BCUT2D eigenvalue weighted by Gasteiger charge is 2.51. The number of fused-ring (bicyclic) bond motifs is 1. The van der Waals surface area contributed by atoms with Crippen molar-refractivity contribution < 1.29 is 14.0 Å². The monoisotopic (exact) mass is 343 g/mol. The number of ether oxygens (including phenoxy) is 2. The largest absolute Gasteiger partial charge is 0.474 e. The Bertz CT molecular complexity index is 705. The van der Waals surface area contributed by atoms with E-state index in [4.69, 9.17) is 14.0 Å². The zero-order valence-electron chi connectivity index (χ0n) is 14.9. The Labute approximate surface area is 148 Å². The molecule has 2 aliphatic rings. The van der Waals surface area contributed by atoms with Crippen LogP contribution >= 0.6 is 0 Å². The van der Waals surface area contributed by atoms with E-state index < -0.39 is 0 Å². The zero-order valence-corrected chi connectivity index (χ0v) is 14.9. The summed E-state index contributed by atoms with van der Waals surface area (Å²) in [5.41, 5.74) is 0.853. The molecule has 134 valence electrons. The van der Waals surface area contributed by atoms with E-state index in [0.29, 0.717) is 11.9 Å². The number of methoxy groups -OCH3 is 1. The molecular weight excluding hydrogens is 318 g/mol. The summed E-state index contributed by atoms with van der Waals surface area (Å²) in [6.45, 7) is 3.73. The SMILES string of the molecule is CO[C@@]12CCC(Oc3ccccn3)CC1N(Cc1cc(C)no1)CC2. The number of pyridine rings is 1. The lowest BCUT2D eigenvalue weighted by Gasteiger charge is -2.43. The number of nitrogens with zero attached hydrogens (tertiary/aromatic N) is 3. The highest BCUT2D eigenvalue weighted by Crippen LogP contribution is 2.43. The average molecular weight is 343 g/mol.